The van der Waals surface area contributed by atoms with Gasteiger partial charge < -0.3 is 0 Å². The highest BCUT2D eigenvalue weighted by Crippen LogP contribution is 2.12. The lowest BCUT2D eigenvalue weighted by molar-refractivity contribution is 0.620. The van der Waals surface area contributed by atoms with E-state index in [9.17, 15) is 4.39 Å². The maximum atomic E-state index is 12.4. The predicted octanol–water partition coefficient (Wildman–Crippen LogP) is 2.48. The normalized spacial score (nSPS) is 9.67. The van der Waals surface area contributed by atoms with Crippen molar-refractivity contribution in [3.8, 4) is 0 Å². The molecule has 0 saturated carbocycles. The van der Waals surface area contributed by atoms with Crippen LogP contribution in [0.1, 0.15) is 0 Å². The average molecular weight is 257 g/mol. The Balaban J connectivity index is 3.17. The van der Waals surface area contributed by atoms with Crippen LogP contribution in [0, 0.1) is 9.39 Å². The molecule has 0 bridgehead atoms. The van der Waals surface area contributed by atoms with Gasteiger partial charge in [-0.25, -0.2) is 9.37 Å². The van der Waals surface area contributed by atoms with Gasteiger partial charge in [0.2, 0.25) is 0 Å². The van der Waals surface area contributed by atoms with Crippen LogP contribution in [-0.4, -0.2) is 4.98 Å². The molecular weight excluding hydrogens is 255 g/mol. The molecule has 1 rings (SSSR count). The number of hydrogen-bond donors (Lipinski definition) is 0. The first-order chi connectivity index (χ1) is 4.20. The molecule has 0 saturated heterocycles. The number of hydrogen-bond acceptors (Lipinski definition) is 1. The molecule has 1 heterocycles. The van der Waals surface area contributed by atoms with Crippen LogP contribution in [0.5, 0.6) is 0 Å². The standard InChI is InChI=1S/C5H2ClFIN/c6-5-4(7)1-3(8)2-9-5/h1-2H. The van der Waals surface area contributed by atoms with Crippen molar-refractivity contribution in [3.05, 3.63) is 26.8 Å². The summed E-state index contributed by atoms with van der Waals surface area (Å²) in [7, 11) is 0. The molecule has 0 amide bonds. The van der Waals surface area contributed by atoms with Crippen LogP contribution in [0.3, 0.4) is 0 Å². The maximum absolute atomic E-state index is 12.4. The molecule has 0 aliphatic heterocycles. The third-order valence-electron chi connectivity index (χ3n) is 0.763. The molecule has 0 radical (unpaired) electrons. The van der Waals surface area contributed by atoms with Crippen LogP contribution >= 0.6 is 34.2 Å². The van der Waals surface area contributed by atoms with Crippen molar-refractivity contribution in [2.75, 3.05) is 0 Å². The first-order valence-corrected chi connectivity index (χ1v) is 3.62. The molecule has 0 fully saturated rings. The highest BCUT2D eigenvalue weighted by atomic mass is 127. The number of pyridine rings is 1. The highest BCUT2D eigenvalue weighted by Gasteiger charge is 1.98. The molecule has 1 nitrogen and oxygen atoms in total. The lowest BCUT2D eigenvalue weighted by Gasteiger charge is -1.90. The Hall–Kier alpha value is 0.1000. The minimum Gasteiger partial charge on any atom is -0.240 e. The molecule has 0 atom stereocenters. The Morgan fingerprint density at radius 1 is 1.67 bits per heavy atom. The smallest absolute Gasteiger partial charge is 0.164 e. The van der Waals surface area contributed by atoms with E-state index in [1.807, 2.05) is 22.6 Å². The fourth-order valence-electron chi connectivity index (χ4n) is 0.398. The molecule has 1 aromatic heterocycles. The molecule has 4 heteroatoms. The van der Waals surface area contributed by atoms with E-state index in [-0.39, 0.29) is 5.15 Å². The van der Waals surface area contributed by atoms with E-state index in [2.05, 4.69) is 4.98 Å². The van der Waals surface area contributed by atoms with Crippen molar-refractivity contribution >= 4 is 34.2 Å². The Bertz CT molecular complexity index is 228. The van der Waals surface area contributed by atoms with Gasteiger partial charge >= 0.3 is 0 Å². The Kier molecular flexibility index (Phi) is 2.23. The summed E-state index contributed by atoms with van der Waals surface area (Å²) in [6.07, 6.45) is 1.51. The van der Waals surface area contributed by atoms with Gasteiger partial charge in [-0.05, 0) is 28.7 Å². The van der Waals surface area contributed by atoms with Crippen molar-refractivity contribution < 1.29 is 4.39 Å². The highest BCUT2D eigenvalue weighted by molar-refractivity contribution is 14.1. The summed E-state index contributed by atoms with van der Waals surface area (Å²) >= 11 is 7.25. The van der Waals surface area contributed by atoms with Gasteiger partial charge in [0, 0.05) is 9.77 Å². The van der Waals surface area contributed by atoms with E-state index in [0.717, 1.165) is 3.57 Å². The first-order valence-electron chi connectivity index (χ1n) is 2.16. The summed E-state index contributed by atoms with van der Waals surface area (Å²) in [5.74, 6) is -0.469. The quantitative estimate of drug-likeness (QED) is 0.514. The largest absolute Gasteiger partial charge is 0.240 e. The van der Waals surface area contributed by atoms with Gasteiger partial charge in [0.05, 0.1) is 0 Å². The van der Waals surface area contributed by atoms with Crippen LogP contribution in [-0.2, 0) is 0 Å². The molecule has 0 aliphatic carbocycles. The third-order valence-corrected chi connectivity index (χ3v) is 1.63. The van der Waals surface area contributed by atoms with Crippen molar-refractivity contribution in [1.82, 2.24) is 4.98 Å². The topological polar surface area (TPSA) is 12.9 Å². The second kappa shape index (κ2) is 2.79. The van der Waals surface area contributed by atoms with Crippen molar-refractivity contribution in [2.24, 2.45) is 0 Å². The van der Waals surface area contributed by atoms with Crippen LogP contribution in [0.2, 0.25) is 5.15 Å². The number of nitrogens with zero attached hydrogens (tertiary/aromatic N) is 1. The van der Waals surface area contributed by atoms with Gasteiger partial charge in [-0.3, -0.25) is 0 Å². The van der Waals surface area contributed by atoms with Crippen molar-refractivity contribution in [3.63, 3.8) is 0 Å². The fourth-order valence-corrected chi connectivity index (χ4v) is 0.914. The molecule has 0 unspecified atom stereocenters. The minimum atomic E-state index is -0.469. The summed E-state index contributed by atoms with van der Waals surface area (Å²) in [6.45, 7) is 0. The molecule has 0 aliphatic rings. The van der Waals surface area contributed by atoms with Crippen molar-refractivity contribution in [2.45, 2.75) is 0 Å². The molecular formula is C5H2ClFIN. The van der Waals surface area contributed by atoms with E-state index in [1.165, 1.54) is 12.3 Å². The molecule has 1 aromatic rings. The summed E-state index contributed by atoms with van der Waals surface area (Å²) in [4.78, 5) is 3.56. The summed E-state index contributed by atoms with van der Waals surface area (Å²) < 4.78 is 13.1. The SMILES string of the molecule is Fc1cc(I)cnc1Cl. The van der Waals surface area contributed by atoms with Crippen LogP contribution in [0.15, 0.2) is 12.3 Å². The van der Waals surface area contributed by atoms with Gasteiger partial charge in [0.25, 0.3) is 0 Å². The molecule has 0 spiro atoms. The molecule has 0 aromatic carbocycles. The average Bonchev–Trinajstić information content (AvgIpc) is 1.80. The van der Waals surface area contributed by atoms with Gasteiger partial charge in [0.1, 0.15) is 0 Å². The van der Waals surface area contributed by atoms with Gasteiger partial charge in [0.15, 0.2) is 11.0 Å². The predicted molar refractivity (Wildman–Crippen MR) is 41.9 cm³/mol. The van der Waals surface area contributed by atoms with E-state index in [0.29, 0.717) is 0 Å². The van der Waals surface area contributed by atoms with E-state index in [4.69, 9.17) is 11.6 Å². The third kappa shape index (κ3) is 1.76. The van der Waals surface area contributed by atoms with E-state index >= 15 is 0 Å². The molecule has 48 valence electrons. The zero-order valence-electron chi connectivity index (χ0n) is 4.24. The van der Waals surface area contributed by atoms with Crippen molar-refractivity contribution in [1.29, 1.82) is 0 Å². The van der Waals surface area contributed by atoms with Gasteiger partial charge in [-0.1, -0.05) is 11.6 Å². The van der Waals surface area contributed by atoms with Crippen LogP contribution < -0.4 is 0 Å². The monoisotopic (exact) mass is 257 g/mol. The first kappa shape index (κ1) is 7.21. The van der Waals surface area contributed by atoms with E-state index in [1.54, 1.807) is 0 Å². The minimum absolute atomic E-state index is 0.0737. The number of halogens is 3. The second-order valence-corrected chi connectivity index (χ2v) is 3.03. The number of aromatic nitrogens is 1. The van der Waals surface area contributed by atoms with Gasteiger partial charge in [-0.2, -0.15) is 0 Å². The van der Waals surface area contributed by atoms with Crippen LogP contribution in [0.4, 0.5) is 4.39 Å². The van der Waals surface area contributed by atoms with Crippen LogP contribution in [0.25, 0.3) is 0 Å². The fraction of sp³-hybridized carbons (Fsp3) is 0. The molecule has 0 N–H and O–H groups in total. The summed E-state index contributed by atoms with van der Waals surface area (Å²) in [5.41, 5.74) is 0. The lowest BCUT2D eigenvalue weighted by Crippen LogP contribution is -1.82. The van der Waals surface area contributed by atoms with E-state index < -0.39 is 5.82 Å². The molecule has 9 heavy (non-hydrogen) atoms. The summed E-state index contributed by atoms with van der Waals surface area (Å²) in [6, 6.07) is 1.33. The Morgan fingerprint density at radius 3 is 2.78 bits per heavy atom. The Labute approximate surface area is 70.4 Å². The zero-order chi connectivity index (χ0) is 6.85. The Morgan fingerprint density at radius 2 is 2.33 bits per heavy atom. The second-order valence-electron chi connectivity index (χ2n) is 1.43. The maximum Gasteiger partial charge on any atom is 0.164 e. The summed E-state index contributed by atoms with van der Waals surface area (Å²) in [5, 5.41) is -0.0737. The zero-order valence-corrected chi connectivity index (χ0v) is 7.15. The number of rotatable bonds is 0. The van der Waals surface area contributed by atoms with Gasteiger partial charge in [-0.15, -0.1) is 0 Å². The lowest BCUT2D eigenvalue weighted by atomic mass is 10.5.